The van der Waals surface area contributed by atoms with Gasteiger partial charge in [0, 0.05) is 35.2 Å². The van der Waals surface area contributed by atoms with E-state index in [1.54, 1.807) is 42.4 Å². The van der Waals surface area contributed by atoms with Crippen LogP contribution < -0.4 is 10.1 Å². The normalized spacial score (nSPS) is 16.8. The fourth-order valence-corrected chi connectivity index (χ4v) is 3.42. The molecule has 0 spiro atoms. The summed E-state index contributed by atoms with van der Waals surface area (Å²) in [5.74, 6) is 0.544. The summed E-state index contributed by atoms with van der Waals surface area (Å²) in [6.07, 6.45) is 5.14. The van der Waals surface area contributed by atoms with Crippen molar-refractivity contribution in [2.75, 3.05) is 20.2 Å². The first kappa shape index (κ1) is 20.1. The van der Waals surface area contributed by atoms with Crippen LogP contribution in [-0.2, 0) is 4.79 Å². The predicted molar refractivity (Wildman–Crippen MR) is 113 cm³/mol. The van der Waals surface area contributed by atoms with Crippen molar-refractivity contribution in [1.82, 2.24) is 10.2 Å². The topological polar surface area (TPSA) is 58.6 Å². The summed E-state index contributed by atoms with van der Waals surface area (Å²) in [6, 6.07) is 14.7. The number of halogens is 1. The number of likely N-dealkylation sites (tertiary alicyclic amines) is 1. The van der Waals surface area contributed by atoms with E-state index in [4.69, 9.17) is 4.74 Å². The number of piperidine rings is 1. The molecule has 1 aliphatic rings. The lowest BCUT2D eigenvalue weighted by molar-refractivity contribution is -0.127. The molecular formula is C22H23BrN2O3. The van der Waals surface area contributed by atoms with Gasteiger partial charge in [-0.05, 0) is 60.9 Å². The molecule has 3 rings (SSSR count). The number of nitrogens with one attached hydrogen (secondary N) is 1. The lowest BCUT2D eigenvalue weighted by Gasteiger charge is -2.32. The van der Waals surface area contributed by atoms with Crippen molar-refractivity contribution in [2.24, 2.45) is 0 Å². The highest BCUT2D eigenvalue weighted by Gasteiger charge is 2.24. The minimum Gasteiger partial charge on any atom is -0.497 e. The first-order chi connectivity index (χ1) is 13.5. The molecular weight excluding hydrogens is 420 g/mol. The maximum absolute atomic E-state index is 12.5. The van der Waals surface area contributed by atoms with Crippen LogP contribution in [-0.4, -0.2) is 43.0 Å². The van der Waals surface area contributed by atoms with Gasteiger partial charge in [0.05, 0.1) is 7.11 Å². The fraction of sp³-hybridized carbons (Fsp3) is 0.273. The predicted octanol–water partition coefficient (Wildman–Crippen LogP) is 3.89. The van der Waals surface area contributed by atoms with Crippen LogP contribution in [0.3, 0.4) is 0 Å². The minimum atomic E-state index is -0.132. The second-order valence-electron chi connectivity index (χ2n) is 6.71. The van der Waals surface area contributed by atoms with Crippen LogP contribution >= 0.6 is 15.9 Å². The van der Waals surface area contributed by atoms with Gasteiger partial charge in [-0.2, -0.15) is 0 Å². The lowest BCUT2D eigenvalue weighted by atomic mass is 10.0. The Morgan fingerprint density at radius 3 is 2.54 bits per heavy atom. The highest BCUT2D eigenvalue weighted by atomic mass is 79.9. The molecule has 1 N–H and O–H groups in total. The molecule has 28 heavy (non-hydrogen) atoms. The van der Waals surface area contributed by atoms with E-state index in [0.717, 1.165) is 22.9 Å². The Kier molecular flexibility index (Phi) is 6.87. The van der Waals surface area contributed by atoms with Gasteiger partial charge in [0.25, 0.3) is 5.91 Å². The second-order valence-corrected chi connectivity index (χ2v) is 7.63. The van der Waals surface area contributed by atoms with Crippen LogP contribution in [0.15, 0.2) is 59.1 Å². The molecule has 0 saturated carbocycles. The summed E-state index contributed by atoms with van der Waals surface area (Å²) in [6.45, 7) is 1.23. The summed E-state index contributed by atoms with van der Waals surface area (Å²) in [5, 5.41) is 3.03. The van der Waals surface area contributed by atoms with Crippen LogP contribution in [0.4, 0.5) is 0 Å². The summed E-state index contributed by atoms with van der Waals surface area (Å²) in [7, 11) is 1.59. The van der Waals surface area contributed by atoms with Crippen molar-refractivity contribution in [2.45, 2.75) is 18.9 Å². The molecule has 1 atom stereocenters. The van der Waals surface area contributed by atoms with E-state index in [0.29, 0.717) is 24.4 Å². The Morgan fingerprint density at radius 1 is 1.14 bits per heavy atom. The molecule has 5 nitrogen and oxygen atoms in total. The SMILES string of the molecule is COc1ccc(C(=O)NC2CCCN(C(=O)C=Cc3ccc(Br)cc3)C2)cc1. The number of methoxy groups -OCH3 is 1. The standard InChI is InChI=1S/C22H23BrN2O3/c1-28-20-11-7-17(8-12-20)22(27)24-19-3-2-14-25(15-19)21(26)13-6-16-4-9-18(23)10-5-16/h4-13,19H,2-3,14-15H2,1H3,(H,24,27). The Balaban J connectivity index is 1.56. The van der Waals surface area contributed by atoms with Crippen molar-refractivity contribution in [3.8, 4) is 5.75 Å². The molecule has 1 unspecified atom stereocenters. The Labute approximate surface area is 173 Å². The molecule has 1 heterocycles. The summed E-state index contributed by atoms with van der Waals surface area (Å²) < 4.78 is 6.12. The smallest absolute Gasteiger partial charge is 0.251 e. The molecule has 0 bridgehead atoms. The van der Waals surface area contributed by atoms with Gasteiger partial charge in [-0.25, -0.2) is 0 Å². The van der Waals surface area contributed by atoms with Crippen molar-refractivity contribution in [3.63, 3.8) is 0 Å². The van der Waals surface area contributed by atoms with Gasteiger partial charge in [0.2, 0.25) is 5.91 Å². The van der Waals surface area contributed by atoms with Gasteiger partial charge in [0.15, 0.2) is 0 Å². The number of benzene rings is 2. The van der Waals surface area contributed by atoms with Crippen LogP contribution in [0.25, 0.3) is 6.08 Å². The third-order valence-corrected chi connectivity index (χ3v) is 5.24. The Morgan fingerprint density at radius 2 is 1.86 bits per heavy atom. The van der Waals surface area contributed by atoms with E-state index < -0.39 is 0 Å². The summed E-state index contributed by atoms with van der Waals surface area (Å²) >= 11 is 3.40. The maximum atomic E-state index is 12.5. The van der Waals surface area contributed by atoms with Gasteiger partial charge in [0.1, 0.15) is 5.75 Å². The lowest BCUT2D eigenvalue weighted by Crippen LogP contribution is -2.49. The monoisotopic (exact) mass is 442 g/mol. The van der Waals surface area contributed by atoms with E-state index in [-0.39, 0.29) is 17.9 Å². The number of carbonyl (C=O) groups excluding carboxylic acids is 2. The van der Waals surface area contributed by atoms with Crippen molar-refractivity contribution in [3.05, 3.63) is 70.2 Å². The van der Waals surface area contributed by atoms with Crippen LogP contribution in [0.2, 0.25) is 0 Å². The molecule has 146 valence electrons. The highest BCUT2D eigenvalue weighted by Crippen LogP contribution is 2.15. The number of hydrogen-bond acceptors (Lipinski definition) is 3. The van der Waals surface area contributed by atoms with Crippen LogP contribution in [0, 0.1) is 0 Å². The van der Waals surface area contributed by atoms with Crippen molar-refractivity contribution < 1.29 is 14.3 Å². The first-order valence-electron chi connectivity index (χ1n) is 9.22. The molecule has 0 radical (unpaired) electrons. The number of rotatable bonds is 5. The zero-order chi connectivity index (χ0) is 19.9. The summed E-state index contributed by atoms with van der Waals surface area (Å²) in [4.78, 5) is 26.8. The molecule has 2 amide bonds. The number of ether oxygens (including phenoxy) is 1. The number of carbonyl (C=O) groups is 2. The third-order valence-electron chi connectivity index (χ3n) is 4.71. The summed E-state index contributed by atoms with van der Waals surface area (Å²) in [5.41, 5.74) is 1.55. The zero-order valence-electron chi connectivity index (χ0n) is 15.7. The number of hydrogen-bond donors (Lipinski definition) is 1. The van der Waals surface area contributed by atoms with Gasteiger partial charge in [-0.15, -0.1) is 0 Å². The van der Waals surface area contributed by atoms with Crippen LogP contribution in [0.1, 0.15) is 28.8 Å². The molecule has 2 aromatic carbocycles. The molecule has 1 saturated heterocycles. The van der Waals surface area contributed by atoms with Gasteiger partial charge >= 0.3 is 0 Å². The van der Waals surface area contributed by atoms with E-state index in [1.165, 1.54) is 0 Å². The van der Waals surface area contributed by atoms with Gasteiger partial charge < -0.3 is 15.0 Å². The average Bonchev–Trinajstić information content (AvgIpc) is 2.73. The largest absolute Gasteiger partial charge is 0.497 e. The van der Waals surface area contributed by atoms with Crippen molar-refractivity contribution >= 4 is 33.8 Å². The van der Waals surface area contributed by atoms with Crippen LogP contribution in [0.5, 0.6) is 5.75 Å². The molecule has 0 aromatic heterocycles. The van der Waals surface area contributed by atoms with E-state index in [9.17, 15) is 9.59 Å². The van der Waals surface area contributed by atoms with Gasteiger partial charge in [-0.1, -0.05) is 28.1 Å². The molecule has 6 heteroatoms. The van der Waals surface area contributed by atoms with E-state index in [2.05, 4.69) is 21.2 Å². The molecule has 1 fully saturated rings. The number of amides is 2. The molecule has 2 aromatic rings. The van der Waals surface area contributed by atoms with Gasteiger partial charge in [-0.3, -0.25) is 9.59 Å². The Bertz CT molecular complexity index is 847. The Hall–Kier alpha value is -2.60. The van der Waals surface area contributed by atoms with E-state index in [1.807, 2.05) is 30.3 Å². The zero-order valence-corrected chi connectivity index (χ0v) is 17.3. The second kappa shape index (κ2) is 9.55. The highest BCUT2D eigenvalue weighted by molar-refractivity contribution is 9.10. The fourth-order valence-electron chi connectivity index (χ4n) is 3.15. The average molecular weight is 443 g/mol. The third kappa shape index (κ3) is 5.45. The minimum absolute atomic E-state index is 0.0358. The molecule has 1 aliphatic heterocycles. The quantitative estimate of drug-likeness (QED) is 0.714. The molecule has 0 aliphatic carbocycles. The van der Waals surface area contributed by atoms with E-state index >= 15 is 0 Å². The maximum Gasteiger partial charge on any atom is 0.251 e. The van der Waals surface area contributed by atoms with Crippen molar-refractivity contribution in [1.29, 1.82) is 0 Å². The first-order valence-corrected chi connectivity index (χ1v) is 10.0. The number of nitrogens with zero attached hydrogens (tertiary/aromatic N) is 1.